The first-order valence-electron chi connectivity index (χ1n) is 7.18. The highest BCUT2D eigenvalue weighted by molar-refractivity contribution is 5.82. The normalized spacial score (nSPS) is 47.6. The van der Waals surface area contributed by atoms with E-state index in [1.807, 2.05) is 0 Å². The van der Waals surface area contributed by atoms with Crippen molar-refractivity contribution in [2.24, 2.45) is 0 Å². The van der Waals surface area contributed by atoms with E-state index in [4.69, 9.17) is 0 Å². The summed E-state index contributed by atoms with van der Waals surface area (Å²) in [6.45, 7) is 2.34. The Hall–Kier alpha value is -1.81. The van der Waals surface area contributed by atoms with Gasteiger partial charge in [0.1, 0.15) is 0 Å². The van der Waals surface area contributed by atoms with E-state index in [1.165, 1.54) is 0 Å². The number of ether oxygens (including phenoxy) is 1. The average molecular weight is 474 g/mol. The van der Waals surface area contributed by atoms with Gasteiger partial charge in [-0.2, -0.15) is 52.7 Å². The van der Waals surface area contributed by atoms with Crippen molar-refractivity contribution in [1.29, 1.82) is 0 Å². The Morgan fingerprint density at radius 1 is 0.633 bits per heavy atom. The summed E-state index contributed by atoms with van der Waals surface area (Å²) in [5.41, 5.74) is -29.7. The molecule has 17 heteroatoms. The minimum atomic E-state index is -7.83. The first kappa shape index (κ1) is 22.9. The second-order valence-corrected chi connectivity index (χ2v) is 6.78. The summed E-state index contributed by atoms with van der Waals surface area (Å²) in [5, 5.41) is 9.32. The number of carbonyl (C=O) groups is 1. The molecule has 0 aromatic rings. The second kappa shape index (κ2) is 4.67. The van der Waals surface area contributed by atoms with Crippen molar-refractivity contribution in [3.05, 3.63) is 12.7 Å². The first-order chi connectivity index (χ1) is 13.0. The summed E-state index contributed by atoms with van der Waals surface area (Å²) in [6.07, 6.45) is -0.533. The summed E-state index contributed by atoms with van der Waals surface area (Å²) in [5.74, 6) is -49.0. The van der Waals surface area contributed by atoms with Gasteiger partial charge >= 0.3 is 58.4 Å². The number of hydrogen-bond donors (Lipinski definition) is 1. The third-order valence-electron chi connectivity index (χ3n) is 5.71. The van der Waals surface area contributed by atoms with Crippen LogP contribution in [0, 0.1) is 0 Å². The van der Waals surface area contributed by atoms with Crippen molar-refractivity contribution in [3.8, 4) is 0 Å². The maximum Gasteiger partial charge on any atom is 0.344 e. The quantitative estimate of drug-likeness (QED) is 0.379. The number of halogens is 14. The van der Waals surface area contributed by atoms with Gasteiger partial charge in [0, 0.05) is 6.08 Å². The fourth-order valence-corrected chi connectivity index (χ4v) is 4.23. The number of carbonyl (C=O) groups excluding carboxylic acids is 1. The van der Waals surface area contributed by atoms with Crippen LogP contribution in [-0.4, -0.2) is 69.2 Å². The number of rotatable bonds is 2. The molecule has 3 nitrogen and oxygen atoms in total. The Morgan fingerprint density at radius 3 is 1.27 bits per heavy atom. The summed E-state index contributed by atoms with van der Waals surface area (Å²) < 4.78 is 204. The van der Waals surface area contributed by atoms with Crippen molar-refractivity contribution >= 4 is 5.97 Å². The molecule has 0 heterocycles. The van der Waals surface area contributed by atoms with Crippen LogP contribution in [0.4, 0.5) is 61.5 Å². The molecule has 0 aromatic carbocycles. The van der Waals surface area contributed by atoms with Crippen molar-refractivity contribution in [1.82, 2.24) is 0 Å². The van der Waals surface area contributed by atoms with Gasteiger partial charge in [-0.15, -0.1) is 0 Å². The molecular weight excluding hydrogens is 470 g/mol. The summed E-state index contributed by atoms with van der Waals surface area (Å²) in [6, 6.07) is 0. The highest BCUT2D eigenvalue weighted by atomic mass is 19.3. The fraction of sp³-hybridized carbons (Fsp3) is 0.769. The highest BCUT2D eigenvalue weighted by Gasteiger charge is 3.23. The minimum absolute atomic E-state index is 0.533. The predicted octanol–water partition coefficient (Wildman–Crippen LogP) is 3.45. The molecule has 4 fully saturated rings. The molecule has 172 valence electrons. The van der Waals surface area contributed by atoms with Gasteiger partial charge in [-0.1, -0.05) is 6.58 Å². The molecule has 0 amide bonds. The Labute approximate surface area is 154 Å². The van der Waals surface area contributed by atoms with E-state index in [9.17, 15) is 71.4 Å². The van der Waals surface area contributed by atoms with E-state index in [0.29, 0.717) is 0 Å². The summed E-state index contributed by atoms with van der Waals surface area (Å²) >= 11 is 0. The topological polar surface area (TPSA) is 46.5 Å². The van der Waals surface area contributed by atoms with Gasteiger partial charge in [-0.25, -0.2) is 13.6 Å². The minimum Gasteiger partial charge on any atom is -0.436 e. The van der Waals surface area contributed by atoms with Crippen LogP contribution in [0.3, 0.4) is 0 Å². The van der Waals surface area contributed by atoms with E-state index in [1.54, 1.807) is 0 Å². The molecule has 2 atom stereocenters. The Morgan fingerprint density at radius 2 is 0.967 bits per heavy atom. The number of aliphatic hydroxyl groups is 1. The largest absolute Gasteiger partial charge is 0.436 e. The maximum absolute atomic E-state index is 14.7. The molecule has 30 heavy (non-hydrogen) atoms. The Bertz CT molecular complexity index is 750. The maximum atomic E-state index is 14.7. The van der Waals surface area contributed by atoms with Crippen LogP contribution < -0.4 is 0 Å². The lowest BCUT2D eigenvalue weighted by Crippen LogP contribution is -3.10. The van der Waals surface area contributed by atoms with Crippen LogP contribution in [0.5, 0.6) is 0 Å². The monoisotopic (exact) mass is 474 g/mol. The second-order valence-electron chi connectivity index (χ2n) is 6.78. The molecule has 0 aromatic heterocycles. The third-order valence-corrected chi connectivity index (χ3v) is 5.71. The van der Waals surface area contributed by atoms with Gasteiger partial charge in [0.2, 0.25) is 0 Å². The fourth-order valence-electron chi connectivity index (χ4n) is 4.23. The predicted molar refractivity (Wildman–Crippen MR) is 61.3 cm³/mol. The van der Waals surface area contributed by atoms with E-state index in [2.05, 4.69) is 11.3 Å². The number of esters is 1. The average Bonchev–Trinajstić information content (AvgIpc) is 2.58. The van der Waals surface area contributed by atoms with E-state index >= 15 is 0 Å². The first-order valence-corrected chi connectivity index (χ1v) is 7.18. The molecular formula is C13H4F14O3. The lowest BCUT2D eigenvalue weighted by molar-refractivity contribution is -0.623. The lowest BCUT2D eigenvalue weighted by Gasteiger charge is -2.74. The summed E-state index contributed by atoms with van der Waals surface area (Å²) in [7, 11) is 0. The van der Waals surface area contributed by atoms with Gasteiger partial charge in [0.05, 0.1) is 0 Å². The molecule has 0 saturated heterocycles. The molecule has 0 spiro atoms. The van der Waals surface area contributed by atoms with Crippen LogP contribution in [0.15, 0.2) is 12.7 Å². The highest BCUT2D eigenvalue weighted by Crippen LogP contribution is 2.87. The van der Waals surface area contributed by atoms with Crippen LogP contribution in [-0.2, 0) is 9.53 Å². The standard InChI is InChI=1S/C13H4F14O3/c1-2-3(28)30-7-11(22,23)4(14)8(16,17)5(15,12(7,24)25)10(20,21)6(29,9(4,18)19)13(7,26)27/h2,29H,1H2. The van der Waals surface area contributed by atoms with Crippen LogP contribution in [0.2, 0.25) is 0 Å². The third kappa shape index (κ3) is 1.30. The molecule has 4 saturated carbocycles. The van der Waals surface area contributed by atoms with E-state index < -0.39 is 70.1 Å². The Balaban J connectivity index is 2.71. The van der Waals surface area contributed by atoms with E-state index in [0.717, 1.165) is 0 Å². The van der Waals surface area contributed by atoms with Gasteiger partial charge < -0.3 is 9.84 Å². The van der Waals surface area contributed by atoms with Crippen molar-refractivity contribution in [2.75, 3.05) is 0 Å². The van der Waals surface area contributed by atoms with Crippen LogP contribution >= 0.6 is 0 Å². The van der Waals surface area contributed by atoms with Gasteiger partial charge in [-0.05, 0) is 0 Å². The molecule has 4 bridgehead atoms. The molecule has 4 rings (SSSR count). The van der Waals surface area contributed by atoms with Crippen LogP contribution in [0.1, 0.15) is 0 Å². The molecule has 0 aliphatic heterocycles. The van der Waals surface area contributed by atoms with Crippen molar-refractivity contribution in [2.45, 2.75) is 58.1 Å². The summed E-state index contributed by atoms with van der Waals surface area (Å²) in [4.78, 5) is 11.1. The molecule has 1 N–H and O–H groups in total. The van der Waals surface area contributed by atoms with E-state index in [-0.39, 0.29) is 0 Å². The zero-order chi connectivity index (χ0) is 24.0. The van der Waals surface area contributed by atoms with Gasteiger partial charge in [0.15, 0.2) is 0 Å². The number of alkyl halides is 14. The van der Waals surface area contributed by atoms with Crippen LogP contribution in [0.25, 0.3) is 0 Å². The molecule has 4 aliphatic rings. The Kier molecular flexibility index (Phi) is 3.56. The smallest absolute Gasteiger partial charge is 0.344 e. The molecule has 2 unspecified atom stereocenters. The van der Waals surface area contributed by atoms with Gasteiger partial charge in [-0.3, -0.25) is 0 Å². The SMILES string of the molecule is C=CC(=O)OC12C(F)(F)C3(O)C(F)(F)C(F)(C(F)(F)C(F)(C3(F)F)C1(F)F)C2(F)F. The van der Waals surface area contributed by atoms with Crippen molar-refractivity contribution in [3.63, 3.8) is 0 Å². The zero-order valence-electron chi connectivity index (χ0n) is 13.3. The zero-order valence-corrected chi connectivity index (χ0v) is 13.3. The number of hydrogen-bond acceptors (Lipinski definition) is 3. The molecule has 0 radical (unpaired) electrons. The van der Waals surface area contributed by atoms with Crippen molar-refractivity contribution < 1.29 is 76.1 Å². The lowest BCUT2D eigenvalue weighted by atomic mass is 9.39. The van der Waals surface area contributed by atoms with Gasteiger partial charge in [0.25, 0.3) is 5.60 Å². The molecule has 4 aliphatic carbocycles.